The summed E-state index contributed by atoms with van der Waals surface area (Å²) in [6.07, 6.45) is -5.11. The number of aromatic amines is 1. The minimum Gasteiger partial charge on any atom is -0.367 e. The maximum absolute atomic E-state index is 14.8. The zero-order valence-corrected chi connectivity index (χ0v) is 20.7. The molecule has 1 saturated heterocycles. The van der Waals surface area contributed by atoms with E-state index in [4.69, 9.17) is 11.6 Å². The molecule has 0 aliphatic carbocycles. The first-order valence-corrected chi connectivity index (χ1v) is 12.0. The molecule has 1 amide bonds. The van der Waals surface area contributed by atoms with Gasteiger partial charge in [0.25, 0.3) is 5.91 Å². The zero-order valence-electron chi connectivity index (χ0n) is 20.0. The lowest BCUT2D eigenvalue weighted by Gasteiger charge is -2.37. The minimum absolute atomic E-state index is 0.0121. The number of hydrogen-bond donors (Lipinski definition) is 3. The van der Waals surface area contributed by atoms with Crippen molar-refractivity contribution < 1.29 is 26.7 Å². The molecule has 0 radical (unpaired) electrons. The molecule has 3 N–H and O–H groups in total. The van der Waals surface area contributed by atoms with Crippen LogP contribution in [0.4, 0.5) is 33.3 Å². The molecule has 1 aromatic heterocycles. The Morgan fingerprint density at radius 2 is 1.82 bits per heavy atom. The fourth-order valence-electron chi connectivity index (χ4n) is 4.03. The van der Waals surface area contributed by atoms with E-state index in [-0.39, 0.29) is 25.2 Å². The number of nitrogens with one attached hydrogen (secondary N) is 3. The van der Waals surface area contributed by atoms with Crippen LogP contribution in [-0.4, -0.2) is 70.3 Å². The highest BCUT2D eigenvalue weighted by Crippen LogP contribution is 2.31. The van der Waals surface area contributed by atoms with Gasteiger partial charge in [-0.05, 0) is 24.3 Å². The Labute approximate surface area is 219 Å². The van der Waals surface area contributed by atoms with Gasteiger partial charge in [-0.15, -0.1) is 10.2 Å². The Bertz CT molecular complexity index is 1250. The van der Waals surface area contributed by atoms with Gasteiger partial charge in [-0.25, -0.2) is 8.78 Å². The molecule has 1 aliphatic heterocycles. The molecule has 0 unspecified atom stereocenters. The Hall–Kier alpha value is -3.36. The molecule has 2 aromatic carbocycles. The van der Waals surface area contributed by atoms with Crippen LogP contribution in [0.2, 0.25) is 5.02 Å². The molecular formula is C23H24ClF5N8O. The Kier molecular flexibility index (Phi) is 8.74. The smallest absolute Gasteiger partial charge is 0.367 e. The lowest BCUT2D eigenvalue weighted by atomic mass is 10.1. The summed E-state index contributed by atoms with van der Waals surface area (Å²) < 4.78 is 67.1. The predicted octanol–water partition coefficient (Wildman–Crippen LogP) is 3.75. The van der Waals surface area contributed by atoms with Crippen molar-refractivity contribution >= 4 is 28.9 Å². The quantitative estimate of drug-likeness (QED) is 0.344. The lowest BCUT2D eigenvalue weighted by molar-refractivity contribution is -0.138. The molecule has 0 saturated carbocycles. The van der Waals surface area contributed by atoms with E-state index in [9.17, 15) is 26.7 Å². The van der Waals surface area contributed by atoms with Gasteiger partial charge in [0.05, 0.1) is 29.9 Å². The van der Waals surface area contributed by atoms with Crippen molar-refractivity contribution in [2.75, 3.05) is 42.9 Å². The molecule has 9 nitrogen and oxygen atoms in total. The fraction of sp³-hybridized carbons (Fsp3) is 0.391. The summed E-state index contributed by atoms with van der Waals surface area (Å²) in [6.45, 7) is 1.62. The van der Waals surface area contributed by atoms with Crippen molar-refractivity contribution in [2.24, 2.45) is 0 Å². The summed E-state index contributed by atoms with van der Waals surface area (Å²) in [5, 5.41) is 19.0. The number of tetrazole rings is 1. The first-order valence-electron chi connectivity index (χ1n) is 11.7. The van der Waals surface area contributed by atoms with E-state index in [0.29, 0.717) is 48.4 Å². The second kappa shape index (κ2) is 12.0. The maximum atomic E-state index is 14.8. The summed E-state index contributed by atoms with van der Waals surface area (Å²) in [5.41, 5.74) is 0.374. The number of benzene rings is 2. The maximum Gasteiger partial charge on any atom is 0.390 e. The molecular weight excluding hydrogens is 535 g/mol. The van der Waals surface area contributed by atoms with Crippen molar-refractivity contribution in [2.45, 2.75) is 25.7 Å². The predicted molar refractivity (Wildman–Crippen MR) is 130 cm³/mol. The van der Waals surface area contributed by atoms with E-state index in [0.717, 1.165) is 0 Å². The molecule has 1 aliphatic rings. The van der Waals surface area contributed by atoms with Crippen LogP contribution in [-0.2, 0) is 13.1 Å². The molecule has 2 heterocycles. The number of nitrogens with zero attached hydrogens (tertiary/aromatic N) is 5. The number of aromatic nitrogens is 4. The third kappa shape index (κ3) is 7.14. The summed E-state index contributed by atoms with van der Waals surface area (Å²) in [6, 6.07) is 7.18. The van der Waals surface area contributed by atoms with Crippen LogP contribution < -0.4 is 15.5 Å². The highest BCUT2D eigenvalue weighted by Gasteiger charge is 2.29. The number of carbonyl (C=O) groups is 1. The van der Waals surface area contributed by atoms with Crippen LogP contribution in [0, 0.1) is 11.6 Å². The molecule has 0 bridgehead atoms. The molecule has 3 aromatic rings. The Balaban J connectivity index is 1.41. The van der Waals surface area contributed by atoms with Crippen LogP contribution in [0.5, 0.6) is 0 Å². The van der Waals surface area contributed by atoms with Gasteiger partial charge >= 0.3 is 6.18 Å². The number of amides is 1. The van der Waals surface area contributed by atoms with E-state index < -0.39 is 35.7 Å². The van der Waals surface area contributed by atoms with Crippen molar-refractivity contribution in [3.63, 3.8) is 0 Å². The molecule has 0 atom stereocenters. The molecule has 204 valence electrons. The van der Waals surface area contributed by atoms with Gasteiger partial charge in [-0.3, -0.25) is 9.69 Å². The van der Waals surface area contributed by atoms with Crippen molar-refractivity contribution in [1.82, 2.24) is 30.8 Å². The number of carbonyl (C=O) groups excluding carboxylic acids is 1. The van der Waals surface area contributed by atoms with E-state index >= 15 is 0 Å². The average molecular weight is 559 g/mol. The van der Waals surface area contributed by atoms with Crippen LogP contribution in [0.15, 0.2) is 30.3 Å². The van der Waals surface area contributed by atoms with Gasteiger partial charge in [0, 0.05) is 49.9 Å². The number of anilines is 2. The van der Waals surface area contributed by atoms with Gasteiger partial charge < -0.3 is 15.5 Å². The summed E-state index contributed by atoms with van der Waals surface area (Å²) in [4.78, 5) is 16.5. The van der Waals surface area contributed by atoms with Crippen LogP contribution in [0.1, 0.15) is 28.2 Å². The third-order valence-electron chi connectivity index (χ3n) is 6.03. The minimum atomic E-state index is -4.22. The normalized spacial score (nSPS) is 14.6. The number of hydrogen-bond acceptors (Lipinski definition) is 7. The molecule has 4 rings (SSSR count). The van der Waals surface area contributed by atoms with Gasteiger partial charge in [-0.1, -0.05) is 22.9 Å². The van der Waals surface area contributed by atoms with Crippen molar-refractivity contribution in [3.05, 3.63) is 63.9 Å². The summed E-state index contributed by atoms with van der Waals surface area (Å²) in [7, 11) is 0. The van der Waals surface area contributed by atoms with Crippen LogP contribution >= 0.6 is 11.6 Å². The summed E-state index contributed by atoms with van der Waals surface area (Å²) >= 11 is 6.15. The second-order valence-electron chi connectivity index (χ2n) is 8.64. The molecule has 1 fully saturated rings. The number of H-pyrrole nitrogens is 1. The molecule has 15 heteroatoms. The largest absolute Gasteiger partial charge is 0.390 e. The SMILES string of the molecule is O=C(Nc1ccc(Cl)cc1N1CCN(CCC(F)(F)F)CC1)c1ccc(CNCc2nn[nH]n2)c(F)c1F. The van der Waals surface area contributed by atoms with E-state index in [1.165, 1.54) is 24.3 Å². The monoisotopic (exact) mass is 558 g/mol. The lowest BCUT2D eigenvalue weighted by Crippen LogP contribution is -2.47. The van der Waals surface area contributed by atoms with Gasteiger partial charge in [0.15, 0.2) is 17.5 Å². The first-order chi connectivity index (χ1) is 18.1. The highest BCUT2D eigenvalue weighted by atomic mass is 35.5. The topological polar surface area (TPSA) is 102 Å². The van der Waals surface area contributed by atoms with Gasteiger partial charge in [-0.2, -0.15) is 18.4 Å². The highest BCUT2D eigenvalue weighted by molar-refractivity contribution is 6.31. The Morgan fingerprint density at radius 3 is 2.50 bits per heavy atom. The number of rotatable bonds is 9. The van der Waals surface area contributed by atoms with Crippen LogP contribution in [0.25, 0.3) is 0 Å². The number of piperazine rings is 1. The van der Waals surface area contributed by atoms with Gasteiger partial charge in [0.2, 0.25) is 0 Å². The summed E-state index contributed by atoms with van der Waals surface area (Å²) in [5.74, 6) is -2.97. The van der Waals surface area contributed by atoms with E-state index in [2.05, 4.69) is 31.3 Å². The molecule has 0 spiro atoms. The van der Waals surface area contributed by atoms with Crippen molar-refractivity contribution in [3.8, 4) is 0 Å². The number of alkyl halides is 3. The third-order valence-corrected chi connectivity index (χ3v) is 6.26. The first kappa shape index (κ1) is 27.7. The zero-order chi connectivity index (χ0) is 27.3. The van der Waals surface area contributed by atoms with Gasteiger partial charge in [0.1, 0.15) is 0 Å². The average Bonchev–Trinajstić information content (AvgIpc) is 3.40. The van der Waals surface area contributed by atoms with Crippen LogP contribution in [0.3, 0.4) is 0 Å². The second-order valence-corrected chi connectivity index (χ2v) is 9.08. The Morgan fingerprint density at radius 1 is 1.05 bits per heavy atom. The molecule has 38 heavy (non-hydrogen) atoms. The fourth-order valence-corrected chi connectivity index (χ4v) is 4.19. The van der Waals surface area contributed by atoms with E-state index in [1.54, 1.807) is 11.0 Å². The van der Waals surface area contributed by atoms with E-state index in [1.807, 2.05) is 4.90 Å². The standard InChI is InChI=1S/C23H24ClF5N8O/c24-15-2-4-17(18(11-15)37-9-7-36(8-10-37)6-5-23(27,28)29)31-22(38)16-3-1-14(20(25)21(16)26)12-30-13-19-32-34-35-33-19/h1-4,11,30H,5-10,12-13H2,(H,31,38)(H,32,33,34,35). The van der Waals surface area contributed by atoms with Crippen molar-refractivity contribution in [1.29, 1.82) is 0 Å². The number of halogens is 6.